The normalized spacial score (nSPS) is 18.0. The Hall–Kier alpha value is -1.10. The average molecular weight is 136 g/mol. The largest absolute Gasteiger partial charge is 0.234 e. The van der Waals surface area contributed by atoms with Gasteiger partial charge in [-0.2, -0.15) is 0 Å². The Morgan fingerprint density at radius 3 is 1.30 bits per heavy atom. The van der Waals surface area contributed by atoms with Crippen LogP contribution in [0, 0.1) is 0 Å². The first-order valence-electron chi connectivity index (χ1n) is 3.32. The fourth-order valence-corrected chi connectivity index (χ4v) is 1.06. The molecule has 0 aliphatic heterocycles. The summed E-state index contributed by atoms with van der Waals surface area (Å²) < 4.78 is 0. The molecule has 0 aromatic heterocycles. The van der Waals surface area contributed by atoms with Gasteiger partial charge in [-0.25, -0.2) is 9.59 Å². The third kappa shape index (κ3) is 1.44. The van der Waals surface area contributed by atoms with Crippen LogP contribution in [0.3, 0.4) is 0 Å². The van der Waals surface area contributed by atoms with Gasteiger partial charge in [0, 0.05) is 11.1 Å². The van der Waals surface area contributed by atoms with Crippen LogP contribution >= 0.6 is 0 Å². The van der Waals surface area contributed by atoms with Crippen LogP contribution in [0.2, 0.25) is 0 Å². The summed E-state index contributed by atoms with van der Waals surface area (Å²) in [5.74, 6) is 3.74. The quantitative estimate of drug-likeness (QED) is 0.467. The van der Waals surface area contributed by atoms with Gasteiger partial charge in [0.1, 0.15) is 11.9 Å². The summed E-state index contributed by atoms with van der Waals surface area (Å²) in [6.07, 6.45) is 2.81. The summed E-state index contributed by atoms with van der Waals surface area (Å²) >= 11 is 0. The van der Waals surface area contributed by atoms with E-state index in [-0.39, 0.29) is 0 Å². The van der Waals surface area contributed by atoms with Crippen molar-refractivity contribution in [3.8, 4) is 0 Å². The molecule has 0 bridgehead atoms. The number of hydrogen-bond acceptors (Lipinski definition) is 2. The lowest BCUT2D eigenvalue weighted by molar-refractivity contribution is 0.556. The topological polar surface area (TPSA) is 34.1 Å². The highest BCUT2D eigenvalue weighted by Crippen LogP contribution is 2.23. The molecule has 10 heavy (non-hydrogen) atoms. The second-order valence-corrected chi connectivity index (χ2v) is 2.41. The van der Waals surface area contributed by atoms with Crippen LogP contribution < -0.4 is 0 Å². The van der Waals surface area contributed by atoms with Crippen LogP contribution in [-0.2, 0) is 9.59 Å². The molecule has 0 aromatic rings. The first-order chi connectivity index (χ1) is 4.86. The van der Waals surface area contributed by atoms with Crippen molar-refractivity contribution in [1.82, 2.24) is 0 Å². The lowest BCUT2D eigenvalue weighted by Crippen LogP contribution is -1.98. The maximum Gasteiger partial charge on any atom is 0.123 e. The Balaban J connectivity index is 2.62. The summed E-state index contributed by atoms with van der Waals surface area (Å²) in [7, 11) is 0. The molecular formula is C8H8O2. The van der Waals surface area contributed by atoms with Crippen LogP contribution in [0.5, 0.6) is 0 Å². The second-order valence-electron chi connectivity index (χ2n) is 2.41. The van der Waals surface area contributed by atoms with Crippen molar-refractivity contribution in [3.63, 3.8) is 0 Å². The highest BCUT2D eigenvalue weighted by Gasteiger charge is 2.10. The monoisotopic (exact) mass is 136 g/mol. The lowest BCUT2D eigenvalue weighted by atomic mass is 9.92. The Morgan fingerprint density at radius 1 is 0.800 bits per heavy atom. The third-order valence-corrected chi connectivity index (χ3v) is 1.75. The molecule has 2 nitrogen and oxygen atoms in total. The molecular weight excluding hydrogens is 128 g/mol. The lowest BCUT2D eigenvalue weighted by Gasteiger charge is -2.09. The van der Waals surface area contributed by atoms with Gasteiger partial charge >= 0.3 is 0 Å². The van der Waals surface area contributed by atoms with Crippen molar-refractivity contribution >= 4 is 11.9 Å². The Kier molecular flexibility index (Phi) is 2.22. The van der Waals surface area contributed by atoms with Crippen LogP contribution in [0.1, 0.15) is 25.7 Å². The van der Waals surface area contributed by atoms with Gasteiger partial charge in [-0.3, -0.25) is 0 Å². The molecule has 0 atom stereocenters. The van der Waals surface area contributed by atoms with E-state index in [1.165, 1.54) is 0 Å². The van der Waals surface area contributed by atoms with Gasteiger partial charge in [-0.1, -0.05) is 0 Å². The molecule has 2 heteroatoms. The van der Waals surface area contributed by atoms with Gasteiger partial charge in [0.15, 0.2) is 0 Å². The number of carbonyl (C=O) groups excluding carboxylic acids is 2. The number of allylic oxidation sites excluding steroid dienone is 2. The minimum absolute atomic E-state index is 0.702. The van der Waals surface area contributed by atoms with Crippen molar-refractivity contribution in [2.45, 2.75) is 25.7 Å². The Bertz CT molecular complexity index is 190. The van der Waals surface area contributed by atoms with E-state index >= 15 is 0 Å². The highest BCUT2D eigenvalue weighted by molar-refractivity contribution is 5.57. The van der Waals surface area contributed by atoms with Gasteiger partial charge < -0.3 is 0 Å². The van der Waals surface area contributed by atoms with E-state index in [9.17, 15) is 9.59 Å². The summed E-state index contributed by atoms with van der Waals surface area (Å²) in [6.45, 7) is 0. The molecule has 0 radical (unpaired) electrons. The maximum atomic E-state index is 10.1. The minimum atomic E-state index is 0.702. The zero-order chi connectivity index (χ0) is 7.40. The first-order valence-corrected chi connectivity index (χ1v) is 3.32. The van der Waals surface area contributed by atoms with E-state index in [4.69, 9.17) is 0 Å². The smallest absolute Gasteiger partial charge is 0.123 e. The van der Waals surface area contributed by atoms with Gasteiger partial charge in [-0.05, 0) is 25.7 Å². The summed E-state index contributed by atoms with van der Waals surface area (Å²) in [5, 5.41) is 0. The van der Waals surface area contributed by atoms with Gasteiger partial charge in [-0.15, -0.1) is 0 Å². The van der Waals surface area contributed by atoms with Crippen molar-refractivity contribution < 1.29 is 9.59 Å². The summed E-state index contributed by atoms with van der Waals surface area (Å²) in [4.78, 5) is 20.2. The van der Waals surface area contributed by atoms with E-state index in [0.717, 1.165) is 11.1 Å². The number of hydrogen-bond donors (Lipinski definition) is 0. The van der Waals surface area contributed by atoms with Gasteiger partial charge in [0.2, 0.25) is 0 Å². The summed E-state index contributed by atoms with van der Waals surface area (Å²) in [6, 6.07) is 0. The molecule has 1 saturated carbocycles. The molecule has 0 unspecified atom stereocenters. The van der Waals surface area contributed by atoms with E-state index < -0.39 is 0 Å². The van der Waals surface area contributed by atoms with Crippen molar-refractivity contribution in [2.24, 2.45) is 0 Å². The van der Waals surface area contributed by atoms with E-state index in [1.807, 2.05) is 11.9 Å². The Labute approximate surface area is 59.2 Å². The van der Waals surface area contributed by atoms with E-state index in [2.05, 4.69) is 0 Å². The zero-order valence-electron chi connectivity index (χ0n) is 5.64. The second kappa shape index (κ2) is 3.17. The van der Waals surface area contributed by atoms with Gasteiger partial charge in [0.25, 0.3) is 0 Å². The first kappa shape index (κ1) is 7.01. The molecule has 0 aromatic carbocycles. The molecule has 52 valence electrons. The predicted octanol–water partition coefficient (Wildman–Crippen LogP) is 1.08. The highest BCUT2D eigenvalue weighted by atomic mass is 16.1. The summed E-state index contributed by atoms with van der Waals surface area (Å²) in [5.41, 5.74) is 1.61. The fraction of sp³-hybridized carbons (Fsp3) is 0.500. The van der Waals surface area contributed by atoms with Crippen LogP contribution in [0.25, 0.3) is 0 Å². The molecule has 1 fully saturated rings. The van der Waals surface area contributed by atoms with Crippen LogP contribution in [0.15, 0.2) is 11.1 Å². The van der Waals surface area contributed by atoms with Crippen LogP contribution in [0.4, 0.5) is 0 Å². The molecule has 1 aliphatic carbocycles. The Morgan fingerprint density at radius 2 is 1.10 bits per heavy atom. The standard InChI is InChI=1S/C8H8O2/c9-5-7-1-2-8(6-10)4-3-7/h1-4H2. The molecule has 0 N–H and O–H groups in total. The van der Waals surface area contributed by atoms with Gasteiger partial charge in [0.05, 0.1) is 0 Å². The molecule has 0 heterocycles. The van der Waals surface area contributed by atoms with Crippen LogP contribution in [-0.4, -0.2) is 11.9 Å². The van der Waals surface area contributed by atoms with E-state index in [1.54, 1.807) is 0 Å². The molecule has 1 rings (SSSR count). The fourth-order valence-electron chi connectivity index (χ4n) is 1.06. The molecule has 1 aliphatic rings. The maximum absolute atomic E-state index is 10.1. The van der Waals surface area contributed by atoms with Crippen molar-refractivity contribution in [2.75, 3.05) is 0 Å². The SMILES string of the molecule is O=C=C1CCC(=C=O)CC1. The van der Waals surface area contributed by atoms with Crippen molar-refractivity contribution in [1.29, 1.82) is 0 Å². The minimum Gasteiger partial charge on any atom is -0.234 e. The van der Waals surface area contributed by atoms with Crippen molar-refractivity contribution in [3.05, 3.63) is 11.1 Å². The average Bonchev–Trinajstić information content (AvgIpc) is 2.05. The predicted molar refractivity (Wildman–Crippen MR) is 36.9 cm³/mol. The third-order valence-electron chi connectivity index (χ3n) is 1.75. The zero-order valence-corrected chi connectivity index (χ0v) is 5.64. The molecule has 0 saturated heterocycles. The molecule has 0 spiro atoms. The molecule has 0 amide bonds. The number of rotatable bonds is 0. The van der Waals surface area contributed by atoms with E-state index in [0.29, 0.717) is 25.7 Å².